The molecule has 1 aliphatic carbocycles. The third-order valence-electron chi connectivity index (χ3n) is 3.34. The van der Waals surface area contributed by atoms with Gasteiger partial charge in [-0.05, 0) is 25.7 Å². The minimum Gasteiger partial charge on any atom is -0.376 e. The molecule has 0 unspecified atom stereocenters. The quantitative estimate of drug-likeness (QED) is 0.811. The molecule has 1 aliphatic rings. The van der Waals surface area contributed by atoms with E-state index in [0.29, 0.717) is 11.8 Å². The van der Waals surface area contributed by atoms with Gasteiger partial charge in [0.1, 0.15) is 5.15 Å². The molecule has 2 rings (SSSR count). The molecule has 0 spiro atoms. The van der Waals surface area contributed by atoms with Crippen molar-refractivity contribution in [3.05, 3.63) is 16.4 Å². The zero-order chi connectivity index (χ0) is 11.5. The maximum Gasteiger partial charge on any atom is 0.132 e. The van der Waals surface area contributed by atoms with Gasteiger partial charge in [-0.2, -0.15) is 5.10 Å². The van der Waals surface area contributed by atoms with E-state index in [1.807, 2.05) is 14.0 Å². The van der Waals surface area contributed by atoms with Crippen LogP contribution in [0, 0.1) is 12.8 Å². The molecule has 1 aromatic heterocycles. The Morgan fingerprint density at radius 1 is 1.44 bits per heavy atom. The van der Waals surface area contributed by atoms with Crippen molar-refractivity contribution in [3.8, 4) is 0 Å². The largest absolute Gasteiger partial charge is 0.376 e. The zero-order valence-electron chi connectivity index (χ0n) is 10.0. The number of hydrogen-bond donors (Lipinski definition) is 0. The molecule has 3 nitrogen and oxygen atoms in total. The lowest BCUT2D eigenvalue weighted by molar-refractivity contribution is 0.0886. The van der Waals surface area contributed by atoms with Crippen molar-refractivity contribution in [2.45, 2.75) is 39.2 Å². The highest BCUT2D eigenvalue weighted by molar-refractivity contribution is 6.30. The molecule has 90 valence electrons. The van der Waals surface area contributed by atoms with E-state index >= 15 is 0 Å². The Bertz CT molecular complexity index is 356. The Hall–Kier alpha value is -0.540. The van der Waals surface area contributed by atoms with Crippen molar-refractivity contribution >= 4 is 11.6 Å². The van der Waals surface area contributed by atoms with Gasteiger partial charge in [-0.15, -0.1) is 0 Å². The first-order valence-corrected chi connectivity index (χ1v) is 6.32. The molecule has 1 heterocycles. The van der Waals surface area contributed by atoms with Crippen LogP contribution in [0.2, 0.25) is 5.15 Å². The molecular weight excluding hydrogens is 224 g/mol. The minimum atomic E-state index is 0.592. The average Bonchev–Trinajstić information content (AvgIpc) is 2.82. The molecule has 16 heavy (non-hydrogen) atoms. The number of aryl methyl sites for hydroxylation is 2. The van der Waals surface area contributed by atoms with Crippen LogP contribution in [0.15, 0.2) is 0 Å². The van der Waals surface area contributed by atoms with E-state index in [0.717, 1.165) is 23.8 Å². The van der Waals surface area contributed by atoms with E-state index in [1.54, 1.807) is 4.68 Å². The standard InChI is InChI=1S/C12H19ClN2O/c1-9-11(12(13)15(2)14-9)8-16-7-10-5-3-4-6-10/h10H,3-8H2,1-2H3. The fourth-order valence-electron chi connectivity index (χ4n) is 2.34. The lowest BCUT2D eigenvalue weighted by atomic mass is 10.1. The summed E-state index contributed by atoms with van der Waals surface area (Å²) < 4.78 is 7.44. The third kappa shape index (κ3) is 2.58. The molecular formula is C12H19ClN2O. The average molecular weight is 243 g/mol. The van der Waals surface area contributed by atoms with Gasteiger partial charge in [-0.25, -0.2) is 0 Å². The highest BCUT2D eigenvalue weighted by atomic mass is 35.5. The van der Waals surface area contributed by atoms with Gasteiger partial charge in [-0.3, -0.25) is 4.68 Å². The van der Waals surface area contributed by atoms with Crippen LogP contribution < -0.4 is 0 Å². The molecule has 0 atom stereocenters. The molecule has 0 aliphatic heterocycles. The Labute approximate surface area is 102 Å². The summed E-state index contributed by atoms with van der Waals surface area (Å²) >= 11 is 6.13. The van der Waals surface area contributed by atoms with E-state index in [2.05, 4.69) is 5.10 Å². The lowest BCUT2D eigenvalue weighted by Crippen LogP contribution is -2.05. The second-order valence-electron chi connectivity index (χ2n) is 4.64. The fourth-order valence-corrected chi connectivity index (χ4v) is 2.57. The normalized spacial score (nSPS) is 17.2. The second-order valence-corrected chi connectivity index (χ2v) is 5.00. The maximum absolute atomic E-state index is 6.13. The maximum atomic E-state index is 6.13. The smallest absolute Gasteiger partial charge is 0.132 e. The molecule has 0 amide bonds. The van der Waals surface area contributed by atoms with E-state index in [4.69, 9.17) is 16.3 Å². The molecule has 1 saturated carbocycles. The molecule has 1 aromatic rings. The summed E-state index contributed by atoms with van der Waals surface area (Å²) in [6, 6.07) is 0. The summed E-state index contributed by atoms with van der Waals surface area (Å²) in [6.07, 6.45) is 5.36. The van der Waals surface area contributed by atoms with Gasteiger partial charge in [-0.1, -0.05) is 24.4 Å². The van der Waals surface area contributed by atoms with E-state index in [9.17, 15) is 0 Å². The van der Waals surface area contributed by atoms with Gasteiger partial charge in [0.05, 0.1) is 12.3 Å². The molecule has 0 radical (unpaired) electrons. The first-order valence-electron chi connectivity index (χ1n) is 5.94. The topological polar surface area (TPSA) is 27.1 Å². The van der Waals surface area contributed by atoms with Crippen molar-refractivity contribution in [2.24, 2.45) is 13.0 Å². The first kappa shape index (κ1) is 11.9. The highest BCUT2D eigenvalue weighted by Crippen LogP contribution is 2.26. The summed E-state index contributed by atoms with van der Waals surface area (Å²) in [5.74, 6) is 0.760. The predicted molar refractivity (Wildman–Crippen MR) is 64.6 cm³/mol. The highest BCUT2D eigenvalue weighted by Gasteiger charge is 2.16. The molecule has 0 saturated heterocycles. The van der Waals surface area contributed by atoms with E-state index in [1.165, 1.54) is 25.7 Å². The summed E-state index contributed by atoms with van der Waals surface area (Å²) in [5, 5.41) is 4.96. The monoisotopic (exact) mass is 242 g/mol. The van der Waals surface area contributed by atoms with Crippen LogP contribution in [0.25, 0.3) is 0 Å². The lowest BCUT2D eigenvalue weighted by Gasteiger charge is -2.09. The number of ether oxygens (including phenoxy) is 1. The molecule has 0 aromatic carbocycles. The third-order valence-corrected chi connectivity index (χ3v) is 3.82. The van der Waals surface area contributed by atoms with Crippen LogP contribution >= 0.6 is 11.6 Å². The number of halogens is 1. The number of rotatable bonds is 4. The number of aromatic nitrogens is 2. The van der Waals surface area contributed by atoms with Gasteiger partial charge in [0.25, 0.3) is 0 Å². The van der Waals surface area contributed by atoms with Crippen LogP contribution in [0.3, 0.4) is 0 Å². The number of nitrogens with zero attached hydrogens (tertiary/aromatic N) is 2. The number of hydrogen-bond acceptors (Lipinski definition) is 2. The van der Waals surface area contributed by atoms with Gasteiger partial charge >= 0.3 is 0 Å². The summed E-state index contributed by atoms with van der Waals surface area (Å²) in [4.78, 5) is 0. The first-order chi connectivity index (χ1) is 7.68. The van der Waals surface area contributed by atoms with Gasteiger partial charge in [0.2, 0.25) is 0 Å². The van der Waals surface area contributed by atoms with Gasteiger partial charge < -0.3 is 4.74 Å². The summed E-state index contributed by atoms with van der Waals surface area (Å²) in [5.41, 5.74) is 2.00. The van der Waals surface area contributed by atoms with Gasteiger partial charge in [0.15, 0.2) is 0 Å². The van der Waals surface area contributed by atoms with Crippen molar-refractivity contribution in [2.75, 3.05) is 6.61 Å². The molecule has 0 bridgehead atoms. The zero-order valence-corrected chi connectivity index (χ0v) is 10.8. The van der Waals surface area contributed by atoms with Crippen LogP contribution in [-0.4, -0.2) is 16.4 Å². The van der Waals surface area contributed by atoms with Crippen LogP contribution in [0.5, 0.6) is 0 Å². The van der Waals surface area contributed by atoms with Crippen molar-refractivity contribution < 1.29 is 4.74 Å². The fraction of sp³-hybridized carbons (Fsp3) is 0.750. The summed E-state index contributed by atoms with van der Waals surface area (Å²) in [7, 11) is 1.86. The molecule has 0 N–H and O–H groups in total. The second kappa shape index (κ2) is 5.19. The Morgan fingerprint density at radius 2 is 2.12 bits per heavy atom. The van der Waals surface area contributed by atoms with Crippen LogP contribution in [0.4, 0.5) is 0 Å². The summed E-state index contributed by atoms with van der Waals surface area (Å²) in [6.45, 7) is 3.43. The van der Waals surface area contributed by atoms with Crippen molar-refractivity contribution in [1.82, 2.24) is 9.78 Å². The van der Waals surface area contributed by atoms with Crippen molar-refractivity contribution in [1.29, 1.82) is 0 Å². The predicted octanol–water partition coefficient (Wildman–Crippen LogP) is 3.09. The van der Waals surface area contributed by atoms with E-state index in [-0.39, 0.29) is 0 Å². The minimum absolute atomic E-state index is 0.592. The van der Waals surface area contributed by atoms with Crippen LogP contribution in [0.1, 0.15) is 36.9 Å². The molecule has 4 heteroatoms. The van der Waals surface area contributed by atoms with Gasteiger partial charge in [0, 0.05) is 19.2 Å². The Morgan fingerprint density at radius 3 is 2.69 bits per heavy atom. The van der Waals surface area contributed by atoms with E-state index < -0.39 is 0 Å². The Kier molecular flexibility index (Phi) is 3.87. The van der Waals surface area contributed by atoms with Crippen molar-refractivity contribution in [3.63, 3.8) is 0 Å². The van der Waals surface area contributed by atoms with Crippen LogP contribution in [-0.2, 0) is 18.4 Å². The SMILES string of the molecule is Cc1nn(C)c(Cl)c1COCC1CCCC1. The molecule has 1 fully saturated rings. The Balaban J connectivity index is 1.84.